The quantitative estimate of drug-likeness (QED) is 0.579. The number of hydrogen-bond acceptors (Lipinski definition) is 4. The zero-order chi connectivity index (χ0) is 17.5. The summed E-state index contributed by atoms with van der Waals surface area (Å²) in [5, 5.41) is 16.4. The molecule has 126 valence electrons. The Morgan fingerprint density at radius 3 is 2.33 bits per heavy atom. The Bertz CT molecular complexity index is 726. The Morgan fingerprint density at radius 2 is 1.88 bits per heavy atom. The predicted octanol–water partition coefficient (Wildman–Crippen LogP) is 0.334. The Hall–Kier alpha value is -2.90. The number of hydrogen-bond donors (Lipinski definition) is 4. The number of carboxylic acids is 1. The van der Waals surface area contributed by atoms with Crippen molar-refractivity contribution in [2.75, 3.05) is 0 Å². The number of carboxylic acid groups (broad SMARTS) is 1. The van der Waals surface area contributed by atoms with E-state index in [0.717, 1.165) is 12.8 Å². The van der Waals surface area contributed by atoms with Crippen LogP contribution in [0.2, 0.25) is 0 Å². The molecule has 0 bridgehead atoms. The molecule has 1 saturated carbocycles. The van der Waals surface area contributed by atoms with Crippen LogP contribution in [0, 0.1) is 5.92 Å². The molecule has 2 unspecified atom stereocenters. The third-order valence-corrected chi connectivity index (χ3v) is 4.42. The maximum absolute atomic E-state index is 12.2. The third-order valence-electron chi connectivity index (χ3n) is 4.42. The molecule has 1 heterocycles. The lowest BCUT2D eigenvalue weighted by atomic mass is 9.91. The summed E-state index contributed by atoms with van der Waals surface area (Å²) < 4.78 is 0. The van der Waals surface area contributed by atoms with Crippen LogP contribution in [0.15, 0.2) is 24.3 Å². The number of benzene rings is 1. The summed E-state index contributed by atoms with van der Waals surface area (Å²) in [4.78, 5) is 46.6. The molecular formula is C16H17N3O5. The summed E-state index contributed by atoms with van der Waals surface area (Å²) in [6.45, 7) is 1.57. The molecule has 1 saturated heterocycles. The van der Waals surface area contributed by atoms with Gasteiger partial charge in [-0.25, -0.2) is 9.59 Å². The van der Waals surface area contributed by atoms with Crippen molar-refractivity contribution in [2.45, 2.75) is 31.3 Å². The van der Waals surface area contributed by atoms with Crippen molar-refractivity contribution in [2.24, 2.45) is 5.92 Å². The molecule has 8 heteroatoms. The number of rotatable bonds is 5. The van der Waals surface area contributed by atoms with Crippen molar-refractivity contribution in [1.29, 1.82) is 0 Å². The molecule has 4 N–H and O–H groups in total. The fourth-order valence-electron chi connectivity index (χ4n) is 2.74. The number of amides is 4. The first kappa shape index (κ1) is 16.0. The minimum atomic E-state index is -1.19. The fraction of sp³-hybridized carbons (Fsp3) is 0.375. The first-order valence-electron chi connectivity index (χ1n) is 7.59. The maximum atomic E-state index is 12.2. The summed E-state index contributed by atoms with van der Waals surface area (Å²) in [6, 6.07) is 4.67. The number of carbonyl (C=O) groups is 4. The Labute approximate surface area is 137 Å². The molecule has 1 aliphatic heterocycles. The second kappa shape index (κ2) is 5.63. The third kappa shape index (κ3) is 2.82. The monoisotopic (exact) mass is 331 g/mol. The molecule has 1 aliphatic carbocycles. The summed E-state index contributed by atoms with van der Waals surface area (Å²) in [5.41, 5.74) is -0.373. The Kier molecular flexibility index (Phi) is 3.75. The van der Waals surface area contributed by atoms with Crippen molar-refractivity contribution in [3.05, 3.63) is 35.4 Å². The van der Waals surface area contributed by atoms with E-state index in [2.05, 4.69) is 16.0 Å². The van der Waals surface area contributed by atoms with E-state index < -0.39 is 35.4 Å². The molecular weight excluding hydrogens is 314 g/mol. The van der Waals surface area contributed by atoms with Crippen LogP contribution < -0.4 is 16.0 Å². The smallest absolute Gasteiger partial charge is 0.326 e. The van der Waals surface area contributed by atoms with Crippen LogP contribution >= 0.6 is 0 Å². The molecule has 3 rings (SSSR count). The number of carbonyl (C=O) groups excluding carboxylic acids is 3. The topological polar surface area (TPSA) is 125 Å². The van der Waals surface area contributed by atoms with E-state index in [1.54, 1.807) is 19.1 Å². The maximum Gasteiger partial charge on any atom is 0.326 e. The van der Waals surface area contributed by atoms with Crippen LogP contribution in [-0.2, 0) is 15.1 Å². The standard InChI is InChI=1S/C16H17N3O5/c1-16(14(23)18-15(24)19-16)10-6-4-9(5-7-10)12(20)17-11(13(21)22)8-2-3-8/h4-8,11H,2-3H2,1H3,(H,17,20)(H,21,22)(H2,18,19,23,24). The van der Waals surface area contributed by atoms with Gasteiger partial charge in [0.25, 0.3) is 11.8 Å². The van der Waals surface area contributed by atoms with Crippen LogP contribution in [0.3, 0.4) is 0 Å². The average molecular weight is 331 g/mol. The zero-order valence-electron chi connectivity index (χ0n) is 13.0. The lowest BCUT2D eigenvalue weighted by Gasteiger charge is -2.21. The van der Waals surface area contributed by atoms with Crippen molar-refractivity contribution < 1.29 is 24.3 Å². The number of nitrogens with one attached hydrogen (secondary N) is 3. The van der Waals surface area contributed by atoms with Crippen LogP contribution in [-0.4, -0.2) is 35.0 Å². The minimum absolute atomic E-state index is 0.0120. The van der Waals surface area contributed by atoms with Gasteiger partial charge in [-0.1, -0.05) is 12.1 Å². The van der Waals surface area contributed by atoms with Crippen LogP contribution in [0.25, 0.3) is 0 Å². The van der Waals surface area contributed by atoms with E-state index in [-0.39, 0.29) is 5.92 Å². The van der Waals surface area contributed by atoms with Gasteiger partial charge in [-0.3, -0.25) is 14.9 Å². The van der Waals surface area contributed by atoms with Gasteiger partial charge >= 0.3 is 12.0 Å². The van der Waals surface area contributed by atoms with E-state index in [4.69, 9.17) is 5.11 Å². The Morgan fingerprint density at radius 1 is 1.25 bits per heavy atom. The van der Waals surface area contributed by atoms with Crippen molar-refractivity contribution in [3.63, 3.8) is 0 Å². The Balaban J connectivity index is 1.74. The first-order chi connectivity index (χ1) is 11.3. The first-order valence-corrected chi connectivity index (χ1v) is 7.59. The lowest BCUT2D eigenvalue weighted by molar-refractivity contribution is -0.139. The van der Waals surface area contributed by atoms with Crippen molar-refractivity contribution >= 4 is 23.8 Å². The highest BCUT2D eigenvalue weighted by atomic mass is 16.4. The summed E-state index contributed by atoms with van der Waals surface area (Å²) in [7, 11) is 0. The largest absolute Gasteiger partial charge is 0.480 e. The highest BCUT2D eigenvalue weighted by Crippen LogP contribution is 2.33. The molecule has 8 nitrogen and oxygen atoms in total. The van der Waals surface area contributed by atoms with Crippen molar-refractivity contribution in [3.8, 4) is 0 Å². The van der Waals surface area contributed by atoms with Crippen LogP contribution in [0.5, 0.6) is 0 Å². The van der Waals surface area contributed by atoms with Crippen LogP contribution in [0.1, 0.15) is 35.7 Å². The number of imide groups is 1. The molecule has 1 aromatic carbocycles. The molecule has 2 aliphatic rings. The lowest BCUT2D eigenvalue weighted by Crippen LogP contribution is -2.42. The number of aliphatic carboxylic acids is 1. The highest BCUT2D eigenvalue weighted by molar-refractivity contribution is 6.07. The van der Waals surface area contributed by atoms with Gasteiger partial charge in [0, 0.05) is 5.56 Å². The SMILES string of the molecule is CC1(c2ccc(C(=O)NC(C(=O)O)C3CC3)cc2)NC(=O)NC1=O. The summed E-state index contributed by atoms with van der Waals surface area (Å²) in [6.07, 6.45) is 1.59. The van der Waals surface area contributed by atoms with E-state index in [1.807, 2.05) is 0 Å². The van der Waals surface area contributed by atoms with Gasteiger partial charge in [-0.05, 0) is 43.4 Å². The van der Waals surface area contributed by atoms with Gasteiger partial charge in [-0.15, -0.1) is 0 Å². The molecule has 2 atom stereocenters. The second-order valence-electron chi connectivity index (χ2n) is 6.24. The van der Waals surface area contributed by atoms with Gasteiger partial charge in [0.2, 0.25) is 0 Å². The number of urea groups is 1. The molecule has 1 aromatic rings. The molecule has 2 fully saturated rings. The molecule has 0 aromatic heterocycles. The predicted molar refractivity (Wildman–Crippen MR) is 82.1 cm³/mol. The molecule has 0 radical (unpaired) electrons. The minimum Gasteiger partial charge on any atom is -0.480 e. The van der Waals surface area contributed by atoms with Crippen molar-refractivity contribution in [1.82, 2.24) is 16.0 Å². The highest BCUT2D eigenvalue weighted by Gasteiger charge is 2.43. The van der Waals surface area contributed by atoms with Gasteiger partial charge in [0.15, 0.2) is 0 Å². The van der Waals surface area contributed by atoms with Crippen LogP contribution in [0.4, 0.5) is 4.79 Å². The van der Waals surface area contributed by atoms with E-state index >= 15 is 0 Å². The van der Waals surface area contributed by atoms with E-state index in [0.29, 0.717) is 11.1 Å². The van der Waals surface area contributed by atoms with E-state index in [1.165, 1.54) is 12.1 Å². The fourth-order valence-corrected chi connectivity index (χ4v) is 2.74. The average Bonchev–Trinajstić information content (AvgIpc) is 3.32. The molecule has 24 heavy (non-hydrogen) atoms. The summed E-state index contributed by atoms with van der Waals surface area (Å²) >= 11 is 0. The van der Waals surface area contributed by atoms with Gasteiger partial charge in [0.1, 0.15) is 11.6 Å². The normalized spacial score (nSPS) is 24.0. The molecule has 4 amide bonds. The van der Waals surface area contributed by atoms with E-state index in [9.17, 15) is 19.2 Å². The van der Waals surface area contributed by atoms with Gasteiger partial charge in [0.05, 0.1) is 0 Å². The summed E-state index contributed by atoms with van der Waals surface area (Å²) in [5.74, 6) is -2.00. The van der Waals surface area contributed by atoms with Gasteiger partial charge in [-0.2, -0.15) is 0 Å². The van der Waals surface area contributed by atoms with Gasteiger partial charge < -0.3 is 15.7 Å². The second-order valence-corrected chi connectivity index (χ2v) is 6.24. The molecule has 0 spiro atoms. The zero-order valence-corrected chi connectivity index (χ0v) is 13.0.